The molecule has 0 atom stereocenters. The SMILES string of the molecule is Cc1cccc(Nc2ccccc2C(=O)OCC(=O)N2CCCc3ccccc32)c1C. The number of rotatable bonds is 5. The maximum Gasteiger partial charge on any atom is 0.340 e. The van der Waals surface area contributed by atoms with Crippen molar-refractivity contribution in [2.75, 3.05) is 23.4 Å². The van der Waals surface area contributed by atoms with E-state index < -0.39 is 5.97 Å². The Kier molecular flexibility index (Phi) is 6.03. The van der Waals surface area contributed by atoms with Crippen molar-refractivity contribution >= 4 is 28.9 Å². The lowest BCUT2D eigenvalue weighted by atomic mass is 10.0. The van der Waals surface area contributed by atoms with Gasteiger partial charge in [-0.1, -0.05) is 42.5 Å². The minimum absolute atomic E-state index is 0.208. The largest absolute Gasteiger partial charge is 0.452 e. The molecule has 0 aliphatic carbocycles. The van der Waals surface area contributed by atoms with Crippen molar-refractivity contribution in [2.45, 2.75) is 26.7 Å². The van der Waals surface area contributed by atoms with Gasteiger partial charge >= 0.3 is 5.97 Å². The monoisotopic (exact) mass is 414 g/mol. The first-order valence-electron chi connectivity index (χ1n) is 10.5. The van der Waals surface area contributed by atoms with Gasteiger partial charge in [0.1, 0.15) is 0 Å². The van der Waals surface area contributed by atoms with Gasteiger partial charge in [0.05, 0.1) is 11.3 Å². The maximum atomic E-state index is 12.8. The van der Waals surface area contributed by atoms with Crippen LogP contribution in [-0.2, 0) is 16.0 Å². The van der Waals surface area contributed by atoms with Gasteiger partial charge in [0.15, 0.2) is 6.61 Å². The second-order valence-corrected chi connectivity index (χ2v) is 7.77. The van der Waals surface area contributed by atoms with E-state index in [2.05, 4.69) is 5.32 Å². The van der Waals surface area contributed by atoms with Crippen LogP contribution in [0.3, 0.4) is 0 Å². The van der Waals surface area contributed by atoms with E-state index in [0.29, 0.717) is 17.8 Å². The zero-order valence-electron chi connectivity index (χ0n) is 17.9. The molecule has 0 radical (unpaired) electrons. The number of anilines is 3. The average molecular weight is 415 g/mol. The molecule has 0 saturated carbocycles. The Bertz CT molecular complexity index is 1120. The molecule has 1 heterocycles. The average Bonchev–Trinajstić information content (AvgIpc) is 2.80. The normalized spacial score (nSPS) is 12.8. The summed E-state index contributed by atoms with van der Waals surface area (Å²) in [5, 5.41) is 3.33. The molecule has 3 aromatic rings. The fourth-order valence-electron chi connectivity index (χ4n) is 3.88. The summed E-state index contributed by atoms with van der Waals surface area (Å²) in [6.07, 6.45) is 1.86. The van der Waals surface area contributed by atoms with E-state index in [9.17, 15) is 9.59 Å². The molecule has 1 N–H and O–H groups in total. The molecule has 0 unspecified atom stereocenters. The summed E-state index contributed by atoms with van der Waals surface area (Å²) in [6, 6.07) is 21.1. The molecule has 5 nitrogen and oxygen atoms in total. The van der Waals surface area contributed by atoms with Gasteiger partial charge in [-0.05, 0) is 67.6 Å². The first-order chi connectivity index (χ1) is 15.0. The van der Waals surface area contributed by atoms with Crippen LogP contribution in [0.15, 0.2) is 66.7 Å². The minimum atomic E-state index is -0.521. The van der Waals surface area contributed by atoms with Crippen molar-refractivity contribution in [1.82, 2.24) is 0 Å². The van der Waals surface area contributed by atoms with Crippen LogP contribution in [0.4, 0.5) is 17.1 Å². The van der Waals surface area contributed by atoms with Crippen molar-refractivity contribution in [2.24, 2.45) is 0 Å². The van der Waals surface area contributed by atoms with E-state index in [4.69, 9.17) is 4.74 Å². The molecule has 5 heteroatoms. The van der Waals surface area contributed by atoms with Crippen molar-refractivity contribution < 1.29 is 14.3 Å². The van der Waals surface area contributed by atoms with Gasteiger partial charge in [-0.3, -0.25) is 4.79 Å². The van der Waals surface area contributed by atoms with Crippen LogP contribution in [0.2, 0.25) is 0 Å². The Morgan fingerprint density at radius 3 is 2.55 bits per heavy atom. The highest BCUT2D eigenvalue weighted by atomic mass is 16.5. The molecular formula is C26H26N2O3. The molecule has 3 aromatic carbocycles. The van der Waals surface area contributed by atoms with E-state index in [1.807, 2.05) is 68.4 Å². The van der Waals surface area contributed by atoms with Crippen molar-refractivity contribution in [3.8, 4) is 0 Å². The predicted octanol–water partition coefficient (Wildman–Crippen LogP) is 5.18. The second-order valence-electron chi connectivity index (χ2n) is 7.77. The standard InChI is InChI=1S/C26H26N2O3/c1-18-9-7-14-22(19(18)2)27-23-13-5-4-12-21(23)26(30)31-17-25(29)28-16-8-11-20-10-3-6-15-24(20)28/h3-7,9-10,12-15,27H,8,11,16-17H2,1-2H3. The Balaban J connectivity index is 1.46. The number of benzene rings is 3. The number of aryl methyl sites for hydroxylation is 2. The van der Waals surface area contributed by atoms with E-state index in [1.165, 1.54) is 0 Å². The molecule has 31 heavy (non-hydrogen) atoms. The lowest BCUT2D eigenvalue weighted by molar-refractivity contribution is -0.121. The van der Waals surface area contributed by atoms with Crippen LogP contribution in [-0.4, -0.2) is 25.0 Å². The number of hydrogen-bond donors (Lipinski definition) is 1. The summed E-state index contributed by atoms with van der Waals surface area (Å²) in [4.78, 5) is 27.3. The number of esters is 1. The molecule has 0 bridgehead atoms. The molecular weight excluding hydrogens is 388 g/mol. The number of nitrogens with one attached hydrogen (secondary N) is 1. The Labute approximate surface area is 182 Å². The number of nitrogens with zero attached hydrogens (tertiary/aromatic N) is 1. The van der Waals surface area contributed by atoms with E-state index >= 15 is 0 Å². The zero-order valence-corrected chi connectivity index (χ0v) is 17.9. The summed E-state index contributed by atoms with van der Waals surface area (Å²) in [6.45, 7) is 4.43. The van der Waals surface area contributed by atoms with Gasteiger partial charge in [0.2, 0.25) is 0 Å². The van der Waals surface area contributed by atoms with E-state index in [1.54, 1.807) is 17.0 Å². The Morgan fingerprint density at radius 1 is 0.935 bits per heavy atom. The first-order valence-corrected chi connectivity index (χ1v) is 10.5. The molecule has 0 spiro atoms. The van der Waals surface area contributed by atoms with Gasteiger partial charge in [-0.25, -0.2) is 4.79 Å². The first kappa shape index (κ1) is 20.7. The van der Waals surface area contributed by atoms with Crippen LogP contribution in [0.25, 0.3) is 0 Å². The molecule has 158 valence electrons. The van der Waals surface area contributed by atoms with E-state index in [-0.39, 0.29) is 12.5 Å². The zero-order chi connectivity index (χ0) is 21.8. The van der Waals surface area contributed by atoms with Crippen LogP contribution in [0, 0.1) is 13.8 Å². The molecule has 0 fully saturated rings. The van der Waals surface area contributed by atoms with Crippen LogP contribution >= 0.6 is 0 Å². The Hall–Kier alpha value is -3.60. The third-order valence-corrected chi connectivity index (χ3v) is 5.76. The Morgan fingerprint density at radius 2 is 1.68 bits per heavy atom. The number of ether oxygens (including phenoxy) is 1. The van der Waals surface area contributed by atoms with Gasteiger partial charge in [0.25, 0.3) is 5.91 Å². The lowest BCUT2D eigenvalue weighted by Gasteiger charge is -2.29. The van der Waals surface area contributed by atoms with Crippen LogP contribution < -0.4 is 10.2 Å². The number of carbonyl (C=O) groups is 2. The van der Waals surface area contributed by atoms with Gasteiger partial charge in [-0.2, -0.15) is 0 Å². The fraction of sp³-hybridized carbons (Fsp3) is 0.231. The van der Waals surface area contributed by atoms with Crippen LogP contribution in [0.1, 0.15) is 33.5 Å². The van der Waals surface area contributed by atoms with Gasteiger partial charge < -0.3 is 15.0 Å². The summed E-state index contributed by atoms with van der Waals surface area (Å²) in [7, 11) is 0. The van der Waals surface area contributed by atoms with Crippen molar-refractivity contribution in [3.05, 3.63) is 89.0 Å². The van der Waals surface area contributed by atoms with Gasteiger partial charge in [0, 0.05) is 17.9 Å². The topological polar surface area (TPSA) is 58.6 Å². The lowest BCUT2D eigenvalue weighted by Crippen LogP contribution is -2.38. The summed E-state index contributed by atoms with van der Waals surface area (Å²) >= 11 is 0. The number of hydrogen-bond acceptors (Lipinski definition) is 4. The highest BCUT2D eigenvalue weighted by molar-refractivity contribution is 6.00. The highest BCUT2D eigenvalue weighted by Gasteiger charge is 2.23. The molecule has 1 aliphatic rings. The smallest absolute Gasteiger partial charge is 0.340 e. The molecule has 1 amide bonds. The highest BCUT2D eigenvalue weighted by Crippen LogP contribution is 2.28. The second kappa shape index (κ2) is 9.04. The minimum Gasteiger partial charge on any atom is -0.452 e. The summed E-state index contributed by atoms with van der Waals surface area (Å²) in [5.74, 6) is -0.729. The maximum absolute atomic E-state index is 12.8. The van der Waals surface area contributed by atoms with Gasteiger partial charge in [-0.15, -0.1) is 0 Å². The number of amides is 1. The van der Waals surface area contributed by atoms with Crippen molar-refractivity contribution in [3.63, 3.8) is 0 Å². The molecule has 0 saturated heterocycles. The number of fused-ring (bicyclic) bond motifs is 1. The summed E-state index contributed by atoms with van der Waals surface area (Å²) in [5.41, 5.74) is 6.32. The van der Waals surface area contributed by atoms with Crippen LogP contribution in [0.5, 0.6) is 0 Å². The third kappa shape index (κ3) is 4.45. The predicted molar refractivity (Wildman–Crippen MR) is 123 cm³/mol. The van der Waals surface area contributed by atoms with E-state index in [0.717, 1.165) is 40.9 Å². The third-order valence-electron chi connectivity index (χ3n) is 5.76. The van der Waals surface area contributed by atoms with Crippen molar-refractivity contribution in [1.29, 1.82) is 0 Å². The number of para-hydroxylation sites is 2. The number of carbonyl (C=O) groups excluding carboxylic acids is 2. The fourth-order valence-corrected chi connectivity index (χ4v) is 3.88. The summed E-state index contributed by atoms with van der Waals surface area (Å²) < 4.78 is 5.42. The molecule has 1 aliphatic heterocycles. The molecule has 4 rings (SSSR count). The quantitative estimate of drug-likeness (QED) is 0.584. The molecule has 0 aromatic heterocycles.